The molecule has 6 aromatic carbocycles. The molecule has 0 saturated heterocycles. The van der Waals surface area contributed by atoms with Gasteiger partial charge in [-0.2, -0.15) is 15.0 Å². The van der Waals surface area contributed by atoms with Gasteiger partial charge in [-0.3, -0.25) is 9.59 Å². The van der Waals surface area contributed by atoms with Gasteiger partial charge in [0.2, 0.25) is 17.8 Å². The van der Waals surface area contributed by atoms with Crippen molar-refractivity contribution in [3.8, 4) is 44.5 Å². The first-order valence-corrected chi connectivity index (χ1v) is 25.7. The smallest absolute Gasteiger partial charge is 0.233 e. The van der Waals surface area contributed by atoms with Gasteiger partial charge in [0.25, 0.3) is 0 Å². The molecule has 13 rings (SSSR count). The van der Waals surface area contributed by atoms with Crippen molar-refractivity contribution in [3.63, 3.8) is 0 Å². The number of aromatic nitrogens is 7. The zero-order chi connectivity index (χ0) is 52.7. The third-order valence-corrected chi connectivity index (χ3v) is 14.1. The number of nitrogens with one attached hydrogen (secondary N) is 5. The Morgan fingerprint density at radius 3 is 1.29 bits per heavy atom. The standard InChI is InChI=1S/C65H49N11O2/c1-76(2)65-74-63(67-38-37-66-47-24-14-23-46-60(47)62(78)45-22-13-12-21-44(45)61(46)77)73-64(75-65)68-43-27-25-42(26-28-43)59-54-35-33-52(71-54)57(40-17-8-4-9-18-40)50-31-29-48(69-50)56(39-15-6-3-7-16-39)49-30-32-51(70-49)58(41-19-10-5-11-20-41)53-34-36-55(59)72-53/h3-36,66,69,72H,37-38H2,1-2H3,(H2,67,68,73,74,75). The Morgan fingerprint density at radius 2 is 0.808 bits per heavy atom. The van der Waals surface area contributed by atoms with E-state index in [-0.39, 0.29) is 11.6 Å². The van der Waals surface area contributed by atoms with E-state index in [9.17, 15) is 9.59 Å². The Balaban J connectivity index is 0.866. The fourth-order valence-electron chi connectivity index (χ4n) is 10.4. The second kappa shape index (κ2) is 20.0. The molecule has 4 aromatic heterocycles. The fourth-order valence-corrected chi connectivity index (χ4v) is 10.4. The summed E-state index contributed by atoms with van der Waals surface area (Å²) in [5, 5.41) is 10.1. The van der Waals surface area contributed by atoms with Crippen LogP contribution in [0.1, 0.15) is 54.6 Å². The molecule has 3 aliphatic rings. The van der Waals surface area contributed by atoms with Crippen molar-refractivity contribution in [1.82, 2.24) is 34.9 Å². The number of anilines is 5. The maximum absolute atomic E-state index is 13.6. The van der Waals surface area contributed by atoms with Crippen LogP contribution in [0.25, 0.3) is 90.9 Å². The molecule has 0 fully saturated rings. The Hall–Kier alpha value is -10.5. The van der Waals surface area contributed by atoms with Crippen LogP contribution in [-0.2, 0) is 0 Å². The third kappa shape index (κ3) is 8.84. The van der Waals surface area contributed by atoms with Gasteiger partial charge in [0.05, 0.1) is 28.3 Å². The first-order valence-electron chi connectivity index (χ1n) is 25.7. The van der Waals surface area contributed by atoms with Crippen LogP contribution >= 0.6 is 0 Å². The molecular formula is C65H49N11O2. The quantitative estimate of drug-likeness (QED) is 0.0738. The Labute approximate surface area is 449 Å². The summed E-state index contributed by atoms with van der Waals surface area (Å²) >= 11 is 0. The fraction of sp³-hybridized carbons (Fsp3) is 0.0615. The van der Waals surface area contributed by atoms with Crippen molar-refractivity contribution in [2.45, 2.75) is 0 Å². The molecule has 376 valence electrons. The lowest BCUT2D eigenvalue weighted by atomic mass is 9.83. The van der Waals surface area contributed by atoms with E-state index in [1.54, 1.807) is 36.4 Å². The number of fused-ring (bicyclic) bond motifs is 10. The highest BCUT2D eigenvalue weighted by Crippen LogP contribution is 2.39. The number of hydrogen-bond acceptors (Lipinski definition) is 11. The second-order valence-electron chi connectivity index (χ2n) is 19.3. The first-order chi connectivity index (χ1) is 38.3. The van der Waals surface area contributed by atoms with Gasteiger partial charge in [-0.05, 0) is 89.0 Å². The van der Waals surface area contributed by atoms with Gasteiger partial charge < -0.3 is 30.8 Å². The van der Waals surface area contributed by atoms with E-state index in [4.69, 9.17) is 19.9 Å². The molecule has 6 heterocycles. The predicted octanol–water partition coefficient (Wildman–Crippen LogP) is 13.6. The largest absolute Gasteiger partial charge is 0.383 e. The van der Waals surface area contributed by atoms with E-state index in [1.165, 1.54) is 0 Å². The summed E-state index contributed by atoms with van der Waals surface area (Å²) in [7, 11) is 3.75. The zero-order valence-electron chi connectivity index (χ0n) is 42.5. The minimum atomic E-state index is -0.177. The van der Waals surface area contributed by atoms with Crippen molar-refractivity contribution < 1.29 is 9.59 Å². The van der Waals surface area contributed by atoms with Crippen molar-refractivity contribution in [2.24, 2.45) is 0 Å². The van der Waals surface area contributed by atoms with E-state index in [0.29, 0.717) is 58.9 Å². The molecule has 0 amide bonds. The first kappa shape index (κ1) is 47.2. The Bertz CT molecular complexity index is 4200. The summed E-state index contributed by atoms with van der Waals surface area (Å²) in [6, 6.07) is 60.2. The molecule has 78 heavy (non-hydrogen) atoms. The molecular weight excluding hydrogens is 967 g/mol. The van der Waals surface area contributed by atoms with E-state index in [1.807, 2.05) is 55.4 Å². The lowest BCUT2D eigenvalue weighted by molar-refractivity contribution is 0.0979. The molecule has 2 aliphatic heterocycles. The molecule has 0 saturated carbocycles. The molecule has 0 atom stereocenters. The maximum atomic E-state index is 13.6. The summed E-state index contributed by atoms with van der Waals surface area (Å²) in [4.78, 5) is 61.5. The number of benzene rings is 6. The maximum Gasteiger partial charge on any atom is 0.233 e. The Morgan fingerprint density at radius 1 is 0.385 bits per heavy atom. The average molecular weight is 1020 g/mol. The van der Waals surface area contributed by atoms with Crippen LogP contribution in [0.4, 0.5) is 29.2 Å². The number of ketones is 2. The molecule has 8 bridgehead atoms. The van der Waals surface area contributed by atoms with Crippen LogP contribution in [-0.4, -0.2) is 73.6 Å². The normalized spacial score (nSPS) is 12.3. The SMILES string of the molecule is CN(C)c1nc(NCCNc2cccc3c2C(=O)c2ccccc2C3=O)nc(Nc2ccc(-c3c4nc(c(-c5ccccc5)c5ccc([nH]5)c(-c5ccccc5)c5nc(c(-c6ccccc6)c6ccc3[nH]6)C=C5)C=C4)cc2)n1. The van der Waals surface area contributed by atoms with Gasteiger partial charge in [0, 0.05) is 99.6 Å². The van der Waals surface area contributed by atoms with Gasteiger partial charge in [-0.15, -0.1) is 0 Å². The van der Waals surface area contributed by atoms with Gasteiger partial charge in [-0.25, -0.2) is 9.97 Å². The lowest BCUT2D eigenvalue weighted by Crippen LogP contribution is -2.24. The highest BCUT2D eigenvalue weighted by atomic mass is 16.1. The van der Waals surface area contributed by atoms with Crippen molar-refractivity contribution in [1.29, 1.82) is 0 Å². The van der Waals surface area contributed by atoms with Crippen LogP contribution in [0.15, 0.2) is 182 Å². The number of H-pyrrole nitrogens is 2. The minimum absolute atomic E-state index is 0.160. The van der Waals surface area contributed by atoms with E-state index in [0.717, 1.165) is 95.0 Å². The topological polar surface area (TPSA) is 170 Å². The summed E-state index contributed by atoms with van der Waals surface area (Å²) in [6.07, 6.45) is 8.43. The average Bonchev–Trinajstić information content (AvgIpc) is 4.37. The summed E-state index contributed by atoms with van der Waals surface area (Å²) < 4.78 is 0. The van der Waals surface area contributed by atoms with Crippen LogP contribution in [0, 0.1) is 0 Å². The van der Waals surface area contributed by atoms with Crippen LogP contribution < -0.4 is 20.9 Å². The van der Waals surface area contributed by atoms with Gasteiger partial charge in [0.15, 0.2) is 11.6 Å². The highest BCUT2D eigenvalue weighted by Gasteiger charge is 2.31. The molecule has 13 heteroatoms. The number of rotatable bonds is 12. The predicted molar refractivity (Wildman–Crippen MR) is 315 cm³/mol. The van der Waals surface area contributed by atoms with Crippen LogP contribution in [0.3, 0.4) is 0 Å². The highest BCUT2D eigenvalue weighted by molar-refractivity contribution is 6.30. The molecule has 0 unspecified atom stereocenters. The van der Waals surface area contributed by atoms with E-state index >= 15 is 0 Å². The van der Waals surface area contributed by atoms with Crippen molar-refractivity contribution in [3.05, 3.63) is 227 Å². The number of carbonyl (C=O) groups is 2. The summed E-state index contributed by atoms with van der Waals surface area (Å²) in [6.45, 7) is 0.820. The molecule has 1 aliphatic carbocycles. The third-order valence-electron chi connectivity index (χ3n) is 14.1. The Kier molecular flexibility index (Phi) is 12.1. The van der Waals surface area contributed by atoms with Crippen molar-refractivity contribution >= 4 is 87.2 Å². The zero-order valence-corrected chi connectivity index (χ0v) is 42.5. The molecule has 0 radical (unpaired) electrons. The number of hydrogen-bond donors (Lipinski definition) is 5. The van der Waals surface area contributed by atoms with Crippen LogP contribution in [0.5, 0.6) is 0 Å². The molecule has 10 aromatic rings. The molecule has 0 spiro atoms. The second-order valence-corrected chi connectivity index (χ2v) is 19.3. The van der Waals surface area contributed by atoms with Crippen molar-refractivity contribution in [2.75, 3.05) is 48.0 Å². The van der Waals surface area contributed by atoms with Gasteiger partial charge in [0.1, 0.15) is 0 Å². The monoisotopic (exact) mass is 1020 g/mol. The number of aromatic amines is 2. The van der Waals surface area contributed by atoms with Gasteiger partial charge >= 0.3 is 0 Å². The van der Waals surface area contributed by atoms with Crippen LogP contribution in [0.2, 0.25) is 0 Å². The molecule has 13 nitrogen and oxygen atoms in total. The van der Waals surface area contributed by atoms with Gasteiger partial charge in [-0.1, -0.05) is 140 Å². The molecule has 5 N–H and O–H groups in total. The summed E-state index contributed by atoms with van der Waals surface area (Å²) in [5.41, 5.74) is 17.9. The summed E-state index contributed by atoms with van der Waals surface area (Å²) in [5.74, 6) is 0.836. The lowest BCUT2D eigenvalue weighted by Gasteiger charge is -2.20. The van der Waals surface area contributed by atoms with E-state index < -0.39 is 0 Å². The van der Waals surface area contributed by atoms with E-state index in [2.05, 4.69) is 164 Å². The minimum Gasteiger partial charge on any atom is -0.383 e. The number of nitrogens with zero attached hydrogens (tertiary/aromatic N) is 6. The number of carbonyl (C=O) groups excluding carboxylic acids is 2.